The number of aryl methyl sites for hydroxylation is 2. The van der Waals surface area contributed by atoms with Crippen LogP contribution in [-0.4, -0.2) is 24.3 Å². The Morgan fingerprint density at radius 2 is 2.28 bits per heavy atom. The van der Waals surface area contributed by atoms with E-state index in [1.165, 1.54) is 22.2 Å². The topological polar surface area (TPSA) is 26.2 Å². The summed E-state index contributed by atoms with van der Waals surface area (Å²) >= 11 is 0. The SMILES string of the molecule is Cc1cccc2cc(C3COCCCN3)n(C)c12. The molecule has 3 rings (SSSR count). The van der Waals surface area contributed by atoms with Crippen LogP contribution >= 0.6 is 0 Å². The minimum absolute atomic E-state index is 0.310. The Kier molecular flexibility index (Phi) is 3.10. The Balaban J connectivity index is 2.06. The van der Waals surface area contributed by atoms with E-state index >= 15 is 0 Å². The minimum atomic E-state index is 0.310. The molecule has 1 fully saturated rings. The molecule has 0 spiro atoms. The van der Waals surface area contributed by atoms with Crippen LogP contribution in [0.25, 0.3) is 10.9 Å². The number of aromatic nitrogens is 1. The molecule has 96 valence electrons. The fraction of sp³-hybridized carbons (Fsp3) is 0.467. The van der Waals surface area contributed by atoms with Crippen molar-refractivity contribution in [3.63, 3.8) is 0 Å². The molecule has 2 aromatic rings. The lowest BCUT2D eigenvalue weighted by molar-refractivity contribution is 0.130. The lowest BCUT2D eigenvalue weighted by atomic mass is 10.1. The van der Waals surface area contributed by atoms with E-state index < -0.39 is 0 Å². The summed E-state index contributed by atoms with van der Waals surface area (Å²) in [4.78, 5) is 0. The van der Waals surface area contributed by atoms with Crippen molar-refractivity contribution in [2.24, 2.45) is 7.05 Å². The molecule has 1 aliphatic rings. The number of para-hydroxylation sites is 1. The molecule has 0 aliphatic carbocycles. The Labute approximate surface area is 108 Å². The van der Waals surface area contributed by atoms with Gasteiger partial charge in [-0.2, -0.15) is 0 Å². The molecule has 2 heterocycles. The number of benzene rings is 1. The van der Waals surface area contributed by atoms with Gasteiger partial charge < -0.3 is 14.6 Å². The van der Waals surface area contributed by atoms with E-state index in [2.05, 4.69) is 48.1 Å². The second-order valence-corrected chi connectivity index (χ2v) is 5.08. The van der Waals surface area contributed by atoms with Crippen LogP contribution in [0.1, 0.15) is 23.7 Å². The summed E-state index contributed by atoms with van der Waals surface area (Å²) in [6, 6.07) is 9.07. The van der Waals surface area contributed by atoms with Gasteiger partial charge in [0.05, 0.1) is 18.2 Å². The number of hydrogen-bond acceptors (Lipinski definition) is 2. The monoisotopic (exact) mass is 244 g/mol. The van der Waals surface area contributed by atoms with E-state index in [0.717, 1.165) is 26.2 Å². The molecule has 1 aromatic heterocycles. The van der Waals surface area contributed by atoms with Crippen LogP contribution in [0.15, 0.2) is 24.3 Å². The first-order chi connectivity index (χ1) is 8.77. The highest BCUT2D eigenvalue weighted by molar-refractivity contribution is 5.84. The first kappa shape index (κ1) is 11.8. The van der Waals surface area contributed by atoms with Crippen LogP contribution < -0.4 is 5.32 Å². The smallest absolute Gasteiger partial charge is 0.0712 e. The van der Waals surface area contributed by atoms with Crippen LogP contribution in [0, 0.1) is 6.92 Å². The second kappa shape index (κ2) is 4.75. The van der Waals surface area contributed by atoms with Crippen molar-refractivity contribution in [3.05, 3.63) is 35.5 Å². The van der Waals surface area contributed by atoms with Gasteiger partial charge in [0, 0.05) is 24.7 Å². The predicted molar refractivity (Wildman–Crippen MR) is 73.8 cm³/mol. The van der Waals surface area contributed by atoms with Gasteiger partial charge in [-0.05, 0) is 31.5 Å². The highest BCUT2D eigenvalue weighted by Gasteiger charge is 2.18. The quantitative estimate of drug-likeness (QED) is 0.834. The molecular weight excluding hydrogens is 224 g/mol. The largest absolute Gasteiger partial charge is 0.379 e. The molecule has 1 atom stereocenters. The fourth-order valence-corrected chi connectivity index (χ4v) is 2.88. The third-order valence-corrected chi connectivity index (χ3v) is 3.79. The fourth-order valence-electron chi connectivity index (χ4n) is 2.88. The third kappa shape index (κ3) is 1.93. The molecule has 1 unspecified atom stereocenters. The maximum absolute atomic E-state index is 5.67. The first-order valence-corrected chi connectivity index (χ1v) is 6.63. The Morgan fingerprint density at radius 3 is 3.11 bits per heavy atom. The molecule has 18 heavy (non-hydrogen) atoms. The maximum atomic E-state index is 5.67. The summed E-state index contributed by atoms with van der Waals surface area (Å²) in [5.41, 5.74) is 3.98. The highest BCUT2D eigenvalue weighted by Crippen LogP contribution is 2.26. The number of fused-ring (bicyclic) bond motifs is 1. The van der Waals surface area contributed by atoms with Gasteiger partial charge >= 0.3 is 0 Å². The van der Waals surface area contributed by atoms with Crippen molar-refractivity contribution in [2.75, 3.05) is 19.8 Å². The molecule has 1 saturated heterocycles. The molecule has 3 heteroatoms. The van der Waals surface area contributed by atoms with Gasteiger partial charge in [0.1, 0.15) is 0 Å². The minimum Gasteiger partial charge on any atom is -0.379 e. The standard InChI is InChI=1S/C15H20N2O/c1-11-5-3-6-12-9-14(17(2)15(11)12)13-10-18-8-4-7-16-13/h3,5-6,9,13,16H,4,7-8,10H2,1-2H3. The lowest BCUT2D eigenvalue weighted by Gasteiger charge is -2.16. The van der Waals surface area contributed by atoms with Crippen LogP contribution in [0.2, 0.25) is 0 Å². The van der Waals surface area contributed by atoms with Gasteiger partial charge in [0.25, 0.3) is 0 Å². The molecule has 0 radical (unpaired) electrons. The van der Waals surface area contributed by atoms with E-state index in [-0.39, 0.29) is 0 Å². The molecule has 1 aromatic carbocycles. The second-order valence-electron chi connectivity index (χ2n) is 5.08. The van der Waals surface area contributed by atoms with Gasteiger partial charge in [-0.3, -0.25) is 0 Å². The number of hydrogen-bond donors (Lipinski definition) is 1. The highest BCUT2D eigenvalue weighted by atomic mass is 16.5. The molecular formula is C15H20N2O. The van der Waals surface area contributed by atoms with Crippen LogP contribution in [-0.2, 0) is 11.8 Å². The van der Waals surface area contributed by atoms with Crippen LogP contribution in [0.5, 0.6) is 0 Å². The first-order valence-electron chi connectivity index (χ1n) is 6.63. The Hall–Kier alpha value is -1.32. The zero-order valence-electron chi connectivity index (χ0n) is 11.1. The molecule has 0 saturated carbocycles. The summed E-state index contributed by atoms with van der Waals surface area (Å²) in [5, 5.41) is 4.89. The summed E-state index contributed by atoms with van der Waals surface area (Å²) in [6.07, 6.45) is 1.10. The Morgan fingerprint density at radius 1 is 1.39 bits per heavy atom. The van der Waals surface area contributed by atoms with E-state index in [1.807, 2.05) is 0 Å². The average Bonchev–Trinajstić information content (AvgIpc) is 2.56. The number of nitrogens with one attached hydrogen (secondary N) is 1. The van der Waals surface area contributed by atoms with Gasteiger partial charge in [-0.15, -0.1) is 0 Å². The summed E-state index contributed by atoms with van der Waals surface area (Å²) < 4.78 is 7.97. The van der Waals surface area contributed by atoms with Crippen molar-refractivity contribution in [2.45, 2.75) is 19.4 Å². The molecule has 1 aliphatic heterocycles. The molecule has 0 bridgehead atoms. The zero-order valence-corrected chi connectivity index (χ0v) is 11.1. The van der Waals surface area contributed by atoms with Crippen molar-refractivity contribution in [1.29, 1.82) is 0 Å². The lowest BCUT2D eigenvalue weighted by Crippen LogP contribution is -2.25. The van der Waals surface area contributed by atoms with E-state index in [1.54, 1.807) is 0 Å². The number of ether oxygens (including phenoxy) is 1. The van der Waals surface area contributed by atoms with Gasteiger partial charge in [-0.1, -0.05) is 18.2 Å². The van der Waals surface area contributed by atoms with Gasteiger partial charge in [0.2, 0.25) is 0 Å². The maximum Gasteiger partial charge on any atom is 0.0712 e. The average molecular weight is 244 g/mol. The van der Waals surface area contributed by atoms with Crippen molar-refractivity contribution >= 4 is 10.9 Å². The summed E-state index contributed by atoms with van der Waals surface area (Å²) in [6.45, 7) is 4.84. The van der Waals surface area contributed by atoms with Crippen molar-refractivity contribution in [3.8, 4) is 0 Å². The molecule has 0 amide bonds. The van der Waals surface area contributed by atoms with E-state index in [4.69, 9.17) is 4.74 Å². The third-order valence-electron chi connectivity index (χ3n) is 3.79. The van der Waals surface area contributed by atoms with Gasteiger partial charge in [0.15, 0.2) is 0 Å². The Bertz CT molecular complexity index is 551. The van der Waals surface area contributed by atoms with E-state index in [9.17, 15) is 0 Å². The normalized spacial score (nSPS) is 21.1. The summed E-state index contributed by atoms with van der Waals surface area (Å²) in [7, 11) is 2.15. The van der Waals surface area contributed by atoms with Crippen molar-refractivity contribution in [1.82, 2.24) is 9.88 Å². The summed E-state index contributed by atoms with van der Waals surface area (Å²) in [5.74, 6) is 0. The number of rotatable bonds is 1. The van der Waals surface area contributed by atoms with E-state index in [0.29, 0.717) is 6.04 Å². The van der Waals surface area contributed by atoms with Gasteiger partial charge in [-0.25, -0.2) is 0 Å². The zero-order chi connectivity index (χ0) is 12.5. The predicted octanol–water partition coefficient (Wildman–Crippen LogP) is 2.54. The molecule has 1 N–H and O–H groups in total. The van der Waals surface area contributed by atoms with Crippen molar-refractivity contribution < 1.29 is 4.74 Å². The van der Waals surface area contributed by atoms with Crippen LogP contribution in [0.4, 0.5) is 0 Å². The number of nitrogens with zero attached hydrogens (tertiary/aromatic N) is 1. The molecule has 3 nitrogen and oxygen atoms in total. The van der Waals surface area contributed by atoms with Crippen LogP contribution in [0.3, 0.4) is 0 Å².